The summed E-state index contributed by atoms with van der Waals surface area (Å²) in [5.74, 6) is 0.659. The topological polar surface area (TPSA) is 73.9 Å². The molecule has 1 amide bonds. The lowest BCUT2D eigenvalue weighted by Crippen LogP contribution is -2.12. The number of rotatable bonds is 12. The fraction of sp³-hybridized carbons (Fsp3) is 0.385. The van der Waals surface area contributed by atoms with Gasteiger partial charge in [0.1, 0.15) is 0 Å². The van der Waals surface area contributed by atoms with Crippen LogP contribution in [0.25, 0.3) is 6.08 Å². The van der Waals surface area contributed by atoms with Gasteiger partial charge in [0.25, 0.3) is 0 Å². The van der Waals surface area contributed by atoms with Crippen LogP contribution in [0.4, 0.5) is 5.69 Å². The number of amides is 1. The van der Waals surface area contributed by atoms with Gasteiger partial charge in [0, 0.05) is 11.8 Å². The molecule has 0 heterocycles. The number of anilines is 1. The van der Waals surface area contributed by atoms with Gasteiger partial charge in [-0.3, -0.25) is 4.79 Å². The molecule has 6 nitrogen and oxygen atoms in total. The Labute approximate surface area is 190 Å². The van der Waals surface area contributed by atoms with Crippen molar-refractivity contribution < 1.29 is 23.8 Å². The van der Waals surface area contributed by atoms with Gasteiger partial charge >= 0.3 is 5.97 Å². The standard InChI is InChI=1S/C26H33NO5/c1-5-6-7-8-17-31-23-15-9-20(18-24(23)30-4)10-16-25(28)27-22-13-11-21(12-14-22)26(29)32-19(2)3/h9-16,18-19H,5-8,17H2,1-4H3,(H,27,28)/b16-10+. The first-order valence-electron chi connectivity index (χ1n) is 11.0. The van der Waals surface area contributed by atoms with Gasteiger partial charge in [0.05, 0.1) is 25.4 Å². The van der Waals surface area contributed by atoms with Gasteiger partial charge in [-0.15, -0.1) is 0 Å². The molecular weight excluding hydrogens is 406 g/mol. The van der Waals surface area contributed by atoms with Crippen molar-refractivity contribution in [1.29, 1.82) is 0 Å². The van der Waals surface area contributed by atoms with Crippen molar-refractivity contribution in [3.63, 3.8) is 0 Å². The number of benzene rings is 2. The largest absolute Gasteiger partial charge is 0.493 e. The number of hydrogen-bond donors (Lipinski definition) is 1. The number of nitrogens with one attached hydrogen (secondary N) is 1. The van der Waals surface area contributed by atoms with Crippen molar-refractivity contribution in [1.82, 2.24) is 0 Å². The number of unbranched alkanes of at least 4 members (excludes halogenated alkanes) is 3. The predicted octanol–water partition coefficient (Wildman–Crippen LogP) is 5.87. The molecule has 0 aliphatic rings. The van der Waals surface area contributed by atoms with Crippen LogP contribution in [0, 0.1) is 0 Å². The molecule has 2 rings (SSSR count). The molecule has 0 spiro atoms. The molecular formula is C26H33NO5. The molecule has 1 N–H and O–H groups in total. The third-order valence-electron chi connectivity index (χ3n) is 4.60. The third-order valence-corrected chi connectivity index (χ3v) is 4.60. The second-order valence-corrected chi connectivity index (χ2v) is 7.67. The number of carbonyl (C=O) groups is 2. The highest BCUT2D eigenvalue weighted by Gasteiger charge is 2.09. The van der Waals surface area contributed by atoms with E-state index in [0.29, 0.717) is 29.4 Å². The maximum Gasteiger partial charge on any atom is 0.338 e. The van der Waals surface area contributed by atoms with E-state index in [1.165, 1.54) is 18.9 Å². The van der Waals surface area contributed by atoms with Gasteiger partial charge in [-0.1, -0.05) is 32.3 Å². The predicted molar refractivity (Wildman–Crippen MR) is 127 cm³/mol. The van der Waals surface area contributed by atoms with E-state index in [1.54, 1.807) is 51.3 Å². The molecule has 0 aromatic heterocycles. The Morgan fingerprint density at radius 2 is 1.75 bits per heavy atom. The summed E-state index contributed by atoms with van der Waals surface area (Å²) in [6, 6.07) is 12.1. The van der Waals surface area contributed by atoms with Gasteiger partial charge < -0.3 is 19.5 Å². The Bertz CT molecular complexity index is 903. The zero-order valence-corrected chi connectivity index (χ0v) is 19.4. The third kappa shape index (κ3) is 8.46. The summed E-state index contributed by atoms with van der Waals surface area (Å²) in [6.07, 6.45) is 7.53. The van der Waals surface area contributed by atoms with Crippen molar-refractivity contribution in [3.8, 4) is 11.5 Å². The van der Waals surface area contributed by atoms with Gasteiger partial charge in [0.15, 0.2) is 11.5 Å². The van der Waals surface area contributed by atoms with Crippen LogP contribution in [0.3, 0.4) is 0 Å². The molecule has 0 fully saturated rings. The normalized spacial score (nSPS) is 10.9. The molecule has 0 unspecified atom stereocenters. The monoisotopic (exact) mass is 439 g/mol. The van der Waals surface area contributed by atoms with Gasteiger partial charge in [-0.2, -0.15) is 0 Å². The van der Waals surface area contributed by atoms with Gasteiger partial charge in [-0.05, 0) is 68.3 Å². The first-order chi connectivity index (χ1) is 15.4. The second kappa shape index (κ2) is 13.2. The quantitative estimate of drug-likeness (QED) is 0.254. The van der Waals surface area contributed by atoms with Crippen molar-refractivity contribution >= 4 is 23.6 Å². The number of ether oxygens (including phenoxy) is 3. The van der Waals surface area contributed by atoms with Crippen LogP contribution in [0.5, 0.6) is 11.5 Å². The average Bonchev–Trinajstić information content (AvgIpc) is 2.78. The summed E-state index contributed by atoms with van der Waals surface area (Å²) in [4.78, 5) is 24.1. The summed E-state index contributed by atoms with van der Waals surface area (Å²) in [6.45, 7) is 6.42. The lowest BCUT2D eigenvalue weighted by molar-refractivity contribution is -0.111. The van der Waals surface area contributed by atoms with Crippen LogP contribution in [-0.2, 0) is 9.53 Å². The fourth-order valence-electron chi connectivity index (χ4n) is 2.95. The summed E-state index contributed by atoms with van der Waals surface area (Å²) in [5, 5.41) is 2.77. The van der Waals surface area contributed by atoms with Crippen LogP contribution in [-0.4, -0.2) is 31.7 Å². The van der Waals surface area contributed by atoms with Crippen molar-refractivity contribution in [2.45, 2.75) is 52.6 Å². The van der Waals surface area contributed by atoms with Gasteiger partial charge in [-0.25, -0.2) is 4.79 Å². The Balaban J connectivity index is 1.91. The molecule has 0 bridgehead atoms. The van der Waals surface area contributed by atoms with E-state index >= 15 is 0 Å². The highest BCUT2D eigenvalue weighted by molar-refractivity contribution is 6.02. The molecule has 0 aliphatic heterocycles. The summed E-state index contributed by atoms with van der Waals surface area (Å²) in [7, 11) is 1.60. The number of carbonyl (C=O) groups excluding carboxylic acids is 2. The SMILES string of the molecule is CCCCCCOc1ccc(/C=C/C(=O)Nc2ccc(C(=O)OC(C)C)cc2)cc1OC. The van der Waals surface area contributed by atoms with Crippen LogP contribution in [0.2, 0.25) is 0 Å². The number of esters is 1. The molecule has 0 aliphatic carbocycles. The zero-order valence-electron chi connectivity index (χ0n) is 19.4. The summed E-state index contributed by atoms with van der Waals surface area (Å²) >= 11 is 0. The number of methoxy groups -OCH3 is 1. The minimum Gasteiger partial charge on any atom is -0.493 e. The van der Waals surface area contributed by atoms with E-state index in [9.17, 15) is 9.59 Å². The van der Waals surface area contributed by atoms with E-state index in [1.807, 2.05) is 18.2 Å². The number of hydrogen-bond acceptors (Lipinski definition) is 5. The lowest BCUT2D eigenvalue weighted by atomic mass is 10.1. The van der Waals surface area contributed by atoms with Crippen molar-refractivity contribution in [3.05, 3.63) is 59.7 Å². The van der Waals surface area contributed by atoms with E-state index in [4.69, 9.17) is 14.2 Å². The maximum atomic E-state index is 12.3. The Hall–Kier alpha value is -3.28. The Morgan fingerprint density at radius 3 is 2.41 bits per heavy atom. The molecule has 32 heavy (non-hydrogen) atoms. The van der Waals surface area contributed by atoms with Crippen molar-refractivity contribution in [2.75, 3.05) is 19.0 Å². The highest BCUT2D eigenvalue weighted by atomic mass is 16.5. The fourth-order valence-corrected chi connectivity index (χ4v) is 2.95. The smallest absolute Gasteiger partial charge is 0.338 e. The minimum absolute atomic E-state index is 0.183. The van der Waals surface area contributed by atoms with Crippen LogP contribution in [0.15, 0.2) is 48.5 Å². The molecule has 2 aromatic rings. The van der Waals surface area contributed by atoms with E-state index in [0.717, 1.165) is 18.4 Å². The van der Waals surface area contributed by atoms with Gasteiger partial charge in [0.2, 0.25) is 5.91 Å². The van der Waals surface area contributed by atoms with Crippen LogP contribution < -0.4 is 14.8 Å². The Morgan fingerprint density at radius 1 is 1.00 bits per heavy atom. The van der Waals surface area contributed by atoms with E-state index in [2.05, 4.69) is 12.2 Å². The second-order valence-electron chi connectivity index (χ2n) is 7.67. The van der Waals surface area contributed by atoms with E-state index < -0.39 is 0 Å². The molecule has 6 heteroatoms. The highest BCUT2D eigenvalue weighted by Crippen LogP contribution is 2.29. The first kappa shape index (κ1) is 25.0. The first-order valence-corrected chi connectivity index (χ1v) is 11.0. The van der Waals surface area contributed by atoms with E-state index in [-0.39, 0.29) is 18.0 Å². The summed E-state index contributed by atoms with van der Waals surface area (Å²) < 4.78 is 16.4. The average molecular weight is 440 g/mol. The van der Waals surface area contributed by atoms with Crippen molar-refractivity contribution in [2.24, 2.45) is 0 Å². The maximum absolute atomic E-state index is 12.3. The molecule has 172 valence electrons. The van der Waals surface area contributed by atoms with Crippen LogP contribution >= 0.6 is 0 Å². The van der Waals surface area contributed by atoms with Crippen LogP contribution in [0.1, 0.15) is 62.4 Å². The Kier molecular flexibility index (Phi) is 10.3. The summed E-state index contributed by atoms with van der Waals surface area (Å²) in [5.41, 5.74) is 1.85. The zero-order chi connectivity index (χ0) is 23.3. The molecule has 0 atom stereocenters. The minimum atomic E-state index is -0.389. The molecule has 2 aromatic carbocycles. The molecule has 0 saturated heterocycles. The lowest BCUT2D eigenvalue weighted by Gasteiger charge is -2.11. The molecule has 0 saturated carbocycles. The molecule has 0 radical (unpaired) electrons.